The van der Waals surface area contributed by atoms with Crippen LogP contribution in [0, 0.1) is 0 Å². The number of nitrogens with zero attached hydrogens (tertiary/aromatic N) is 4. The van der Waals surface area contributed by atoms with E-state index in [1.165, 1.54) is 6.42 Å². The second-order valence-electron chi connectivity index (χ2n) is 6.01. The maximum atomic E-state index is 12.1. The van der Waals surface area contributed by atoms with Gasteiger partial charge in [0.15, 0.2) is 11.6 Å². The Bertz CT molecular complexity index is 702. The highest BCUT2D eigenvalue weighted by Gasteiger charge is 2.25. The number of carbonyl (C=O) groups is 1. The van der Waals surface area contributed by atoms with Gasteiger partial charge in [-0.1, -0.05) is 16.7 Å². The van der Waals surface area contributed by atoms with Gasteiger partial charge in [-0.25, -0.2) is 0 Å². The molecule has 9 nitrogen and oxygen atoms in total. The van der Waals surface area contributed by atoms with E-state index in [1.54, 1.807) is 6.07 Å². The summed E-state index contributed by atoms with van der Waals surface area (Å²) in [5.41, 5.74) is 0. The lowest BCUT2D eigenvalue weighted by molar-refractivity contribution is 0.0912. The van der Waals surface area contributed by atoms with Crippen molar-refractivity contribution in [3.05, 3.63) is 23.5 Å². The number of rotatable bonds is 5. The summed E-state index contributed by atoms with van der Waals surface area (Å²) in [6.45, 7) is 2.97. The maximum Gasteiger partial charge on any atom is 0.290 e. The predicted octanol–water partition coefficient (Wildman–Crippen LogP) is 1.09. The fourth-order valence-electron chi connectivity index (χ4n) is 2.72. The Morgan fingerprint density at radius 3 is 2.83 bits per heavy atom. The second kappa shape index (κ2) is 6.60. The quantitative estimate of drug-likeness (QED) is 0.866. The first kappa shape index (κ1) is 15.1. The van der Waals surface area contributed by atoms with Crippen molar-refractivity contribution in [3.63, 3.8) is 0 Å². The number of ether oxygens (including phenoxy) is 1. The molecule has 0 spiro atoms. The van der Waals surface area contributed by atoms with E-state index in [0.29, 0.717) is 36.7 Å². The van der Waals surface area contributed by atoms with Gasteiger partial charge >= 0.3 is 0 Å². The summed E-state index contributed by atoms with van der Waals surface area (Å²) in [6, 6.07) is 1.64. The smallest absolute Gasteiger partial charge is 0.290 e. The first-order valence-electron chi connectivity index (χ1n) is 8.19. The summed E-state index contributed by atoms with van der Waals surface area (Å²) in [5.74, 6) is 1.98. The van der Waals surface area contributed by atoms with E-state index in [-0.39, 0.29) is 18.2 Å². The van der Waals surface area contributed by atoms with Gasteiger partial charge in [-0.15, -0.1) is 0 Å². The molecule has 0 aromatic carbocycles. The molecule has 2 fully saturated rings. The molecule has 2 aromatic rings. The van der Waals surface area contributed by atoms with Crippen molar-refractivity contribution in [1.29, 1.82) is 0 Å². The molecule has 1 aliphatic carbocycles. The molecule has 1 N–H and O–H groups in total. The molecule has 1 saturated carbocycles. The second-order valence-corrected chi connectivity index (χ2v) is 6.01. The van der Waals surface area contributed by atoms with Gasteiger partial charge in [0, 0.05) is 25.1 Å². The summed E-state index contributed by atoms with van der Waals surface area (Å²) in [6.07, 6.45) is 3.39. The van der Waals surface area contributed by atoms with Crippen molar-refractivity contribution in [2.24, 2.45) is 0 Å². The van der Waals surface area contributed by atoms with Gasteiger partial charge in [-0.3, -0.25) is 4.79 Å². The van der Waals surface area contributed by atoms with Crippen LogP contribution in [0.5, 0.6) is 0 Å². The van der Waals surface area contributed by atoms with Gasteiger partial charge in [0.05, 0.1) is 19.8 Å². The van der Waals surface area contributed by atoms with Crippen LogP contribution in [0.25, 0.3) is 0 Å². The minimum Gasteiger partial charge on any atom is -0.378 e. The van der Waals surface area contributed by atoms with Crippen molar-refractivity contribution < 1.29 is 18.6 Å². The molecule has 0 unspecified atom stereocenters. The molecule has 128 valence electrons. The van der Waals surface area contributed by atoms with Crippen LogP contribution >= 0.6 is 0 Å². The van der Waals surface area contributed by atoms with Gasteiger partial charge in [-0.2, -0.15) is 4.98 Å². The Balaban J connectivity index is 1.32. The molecule has 0 bridgehead atoms. The van der Waals surface area contributed by atoms with E-state index in [4.69, 9.17) is 13.8 Å². The molecular weight excluding hydrogens is 314 g/mol. The van der Waals surface area contributed by atoms with Crippen LogP contribution in [0.1, 0.15) is 47.5 Å². The van der Waals surface area contributed by atoms with E-state index in [9.17, 15) is 4.79 Å². The molecule has 0 atom stereocenters. The van der Waals surface area contributed by atoms with E-state index in [2.05, 4.69) is 20.6 Å². The first-order valence-corrected chi connectivity index (χ1v) is 8.19. The van der Waals surface area contributed by atoms with Crippen molar-refractivity contribution in [2.45, 2.75) is 31.7 Å². The lowest BCUT2D eigenvalue weighted by Gasteiger charge is -2.25. The van der Waals surface area contributed by atoms with Gasteiger partial charge in [0.25, 0.3) is 5.91 Å². The van der Waals surface area contributed by atoms with E-state index >= 15 is 0 Å². The van der Waals surface area contributed by atoms with Gasteiger partial charge < -0.3 is 24.0 Å². The van der Waals surface area contributed by atoms with Crippen LogP contribution in [0.4, 0.5) is 5.82 Å². The summed E-state index contributed by atoms with van der Waals surface area (Å²) in [5, 5.41) is 10.6. The maximum absolute atomic E-state index is 12.1. The third-order valence-electron chi connectivity index (χ3n) is 4.40. The molecule has 4 rings (SSSR count). The normalized spacial score (nSPS) is 18.4. The number of amides is 1. The Hall–Kier alpha value is -2.42. The van der Waals surface area contributed by atoms with Crippen molar-refractivity contribution in [3.8, 4) is 0 Å². The molecule has 1 saturated heterocycles. The average molecular weight is 333 g/mol. The molecule has 24 heavy (non-hydrogen) atoms. The van der Waals surface area contributed by atoms with E-state index in [0.717, 1.165) is 25.9 Å². The largest absolute Gasteiger partial charge is 0.378 e. The third-order valence-corrected chi connectivity index (χ3v) is 4.40. The molecule has 1 amide bonds. The molecule has 0 radical (unpaired) electrons. The van der Waals surface area contributed by atoms with Gasteiger partial charge in [-0.05, 0) is 12.8 Å². The number of morpholine rings is 1. The third kappa shape index (κ3) is 3.12. The van der Waals surface area contributed by atoms with E-state index < -0.39 is 0 Å². The Morgan fingerprint density at radius 2 is 2.08 bits per heavy atom. The lowest BCUT2D eigenvalue weighted by Crippen LogP contribution is -2.36. The highest BCUT2D eigenvalue weighted by atomic mass is 16.5. The Kier molecular flexibility index (Phi) is 4.16. The summed E-state index contributed by atoms with van der Waals surface area (Å²) >= 11 is 0. The minimum atomic E-state index is -0.350. The van der Waals surface area contributed by atoms with E-state index in [1.807, 2.05) is 4.90 Å². The highest BCUT2D eigenvalue weighted by Crippen LogP contribution is 2.35. The standard InChI is InChI=1S/C15H19N5O4/c21-14(11-8-13(19-23-11)20-4-6-22-7-5-20)16-9-12-17-15(24-18-12)10-2-1-3-10/h8,10H,1-7,9H2,(H,16,21). The van der Waals surface area contributed by atoms with Crippen LogP contribution in [0.2, 0.25) is 0 Å². The van der Waals surface area contributed by atoms with Crippen LogP contribution in [0.3, 0.4) is 0 Å². The number of aromatic nitrogens is 3. The zero-order valence-electron chi connectivity index (χ0n) is 13.2. The zero-order valence-corrected chi connectivity index (χ0v) is 13.2. The van der Waals surface area contributed by atoms with Crippen LogP contribution < -0.4 is 10.2 Å². The van der Waals surface area contributed by atoms with Crippen LogP contribution in [-0.2, 0) is 11.3 Å². The molecular formula is C15H19N5O4. The average Bonchev–Trinajstić information content (AvgIpc) is 3.22. The number of carbonyl (C=O) groups excluding carboxylic acids is 1. The van der Waals surface area contributed by atoms with Crippen LogP contribution in [0.15, 0.2) is 15.1 Å². The fourth-order valence-corrected chi connectivity index (χ4v) is 2.72. The SMILES string of the molecule is O=C(NCc1noc(C2CCC2)n1)c1cc(N2CCOCC2)no1. The Morgan fingerprint density at radius 1 is 1.25 bits per heavy atom. The van der Waals surface area contributed by atoms with Crippen molar-refractivity contribution in [1.82, 2.24) is 20.6 Å². The molecule has 9 heteroatoms. The summed E-state index contributed by atoms with van der Waals surface area (Å²) in [7, 11) is 0. The lowest BCUT2D eigenvalue weighted by atomic mass is 9.85. The zero-order chi connectivity index (χ0) is 16.4. The number of hydrogen-bond donors (Lipinski definition) is 1. The predicted molar refractivity (Wildman–Crippen MR) is 81.6 cm³/mol. The van der Waals surface area contributed by atoms with Crippen molar-refractivity contribution in [2.75, 3.05) is 31.2 Å². The molecule has 2 aromatic heterocycles. The first-order chi connectivity index (χ1) is 11.8. The van der Waals surface area contributed by atoms with Gasteiger partial charge in [0.2, 0.25) is 11.7 Å². The Labute approximate surface area is 138 Å². The molecule has 2 aliphatic rings. The number of nitrogens with one attached hydrogen (secondary N) is 1. The van der Waals surface area contributed by atoms with Crippen molar-refractivity contribution >= 4 is 11.7 Å². The highest BCUT2D eigenvalue weighted by molar-refractivity contribution is 5.91. The minimum absolute atomic E-state index is 0.166. The van der Waals surface area contributed by atoms with Gasteiger partial charge in [0.1, 0.15) is 0 Å². The topological polar surface area (TPSA) is 107 Å². The molecule has 1 aliphatic heterocycles. The summed E-state index contributed by atoms with van der Waals surface area (Å²) in [4.78, 5) is 18.5. The summed E-state index contributed by atoms with van der Waals surface area (Å²) < 4.78 is 15.6. The number of hydrogen-bond acceptors (Lipinski definition) is 8. The number of anilines is 1. The van der Waals surface area contributed by atoms with Crippen LogP contribution in [-0.4, -0.2) is 47.5 Å². The molecule has 3 heterocycles. The fraction of sp³-hybridized carbons (Fsp3) is 0.600. The monoisotopic (exact) mass is 333 g/mol.